The average Bonchev–Trinajstić information content (AvgIpc) is 2.09. The summed E-state index contributed by atoms with van der Waals surface area (Å²) in [6, 6.07) is 0. The molecule has 1 aliphatic rings. The Bertz CT molecular complexity index is 183. The van der Waals surface area contributed by atoms with Gasteiger partial charge in [-0.15, -0.1) is 0 Å². The zero-order valence-corrected chi connectivity index (χ0v) is 10.6. The molecule has 0 radical (unpaired) electrons. The molecule has 1 fully saturated rings. The summed E-state index contributed by atoms with van der Waals surface area (Å²) in [6.07, 6.45) is 4.22. The molecular weight excluding hydrogens is 188 g/mol. The normalized spacial score (nSPS) is 33.0. The molecule has 1 aliphatic carbocycles. The van der Waals surface area contributed by atoms with E-state index < -0.39 is 0 Å². The lowest BCUT2D eigenvalue weighted by Crippen LogP contribution is -2.30. The molecule has 1 N–H and O–H groups in total. The summed E-state index contributed by atoms with van der Waals surface area (Å²) in [4.78, 5) is 0. The van der Waals surface area contributed by atoms with Gasteiger partial charge in [-0.2, -0.15) is 0 Å². The fourth-order valence-corrected chi connectivity index (χ4v) is 2.31. The Balaban J connectivity index is 2.24. The van der Waals surface area contributed by atoms with E-state index >= 15 is 0 Å². The highest BCUT2D eigenvalue weighted by atomic mass is 16.5. The summed E-state index contributed by atoms with van der Waals surface area (Å²) in [5.74, 6) is 1.23. The molecular formula is C13H26O2. The smallest absolute Gasteiger partial charge is 0.0598 e. The fourth-order valence-electron chi connectivity index (χ4n) is 2.31. The summed E-state index contributed by atoms with van der Waals surface area (Å²) >= 11 is 0. The van der Waals surface area contributed by atoms with Gasteiger partial charge in [-0.1, -0.05) is 6.92 Å². The lowest BCUT2D eigenvalue weighted by molar-refractivity contribution is -0.0284. The average molecular weight is 214 g/mol. The van der Waals surface area contributed by atoms with E-state index in [0.717, 1.165) is 31.8 Å². The topological polar surface area (TPSA) is 29.5 Å². The number of aliphatic hydroxyl groups is 1. The van der Waals surface area contributed by atoms with E-state index in [9.17, 15) is 5.11 Å². The quantitative estimate of drug-likeness (QED) is 0.782. The van der Waals surface area contributed by atoms with Crippen molar-refractivity contribution in [2.24, 2.45) is 11.8 Å². The Hall–Kier alpha value is -0.0800. The van der Waals surface area contributed by atoms with Gasteiger partial charge < -0.3 is 9.84 Å². The number of hydrogen-bond donors (Lipinski definition) is 1. The van der Waals surface area contributed by atoms with E-state index in [1.807, 2.05) is 0 Å². The molecule has 0 aromatic rings. The van der Waals surface area contributed by atoms with Gasteiger partial charge in [-0.05, 0) is 58.3 Å². The Labute approximate surface area is 94.0 Å². The standard InChI is InChI=1S/C13H26O2/c1-10-5-6-12(14)11(9-10)7-8-15-13(2,3)4/h10-12,14H,5-9H2,1-4H3. The van der Waals surface area contributed by atoms with Crippen LogP contribution in [0.1, 0.15) is 53.4 Å². The molecule has 0 aromatic heterocycles. The second-order valence-electron chi connectivity index (χ2n) is 6.00. The van der Waals surface area contributed by atoms with Gasteiger partial charge in [0.25, 0.3) is 0 Å². The van der Waals surface area contributed by atoms with Gasteiger partial charge in [0.1, 0.15) is 0 Å². The van der Waals surface area contributed by atoms with Crippen LogP contribution < -0.4 is 0 Å². The first kappa shape index (κ1) is 13.0. The number of rotatable bonds is 3. The van der Waals surface area contributed by atoms with Crippen molar-refractivity contribution in [2.75, 3.05) is 6.61 Å². The van der Waals surface area contributed by atoms with Crippen molar-refractivity contribution in [3.8, 4) is 0 Å². The monoisotopic (exact) mass is 214 g/mol. The SMILES string of the molecule is CC1CCC(O)C(CCOC(C)(C)C)C1. The van der Waals surface area contributed by atoms with Crippen LogP contribution in [0.4, 0.5) is 0 Å². The first-order valence-corrected chi connectivity index (χ1v) is 6.20. The summed E-state index contributed by atoms with van der Waals surface area (Å²) in [7, 11) is 0. The van der Waals surface area contributed by atoms with Gasteiger partial charge in [0.15, 0.2) is 0 Å². The van der Waals surface area contributed by atoms with Crippen molar-refractivity contribution < 1.29 is 9.84 Å². The van der Waals surface area contributed by atoms with Crippen molar-refractivity contribution in [2.45, 2.75) is 65.1 Å². The first-order chi connectivity index (χ1) is 6.88. The highest BCUT2D eigenvalue weighted by Crippen LogP contribution is 2.31. The summed E-state index contributed by atoms with van der Waals surface area (Å²) < 4.78 is 5.70. The van der Waals surface area contributed by atoms with Gasteiger partial charge in [-0.3, -0.25) is 0 Å². The molecule has 2 nitrogen and oxygen atoms in total. The van der Waals surface area contributed by atoms with Gasteiger partial charge in [-0.25, -0.2) is 0 Å². The van der Waals surface area contributed by atoms with Crippen LogP contribution in [0.5, 0.6) is 0 Å². The predicted molar refractivity (Wildman–Crippen MR) is 62.8 cm³/mol. The van der Waals surface area contributed by atoms with Crippen molar-refractivity contribution in [1.82, 2.24) is 0 Å². The second kappa shape index (κ2) is 5.31. The van der Waals surface area contributed by atoms with Gasteiger partial charge in [0.2, 0.25) is 0 Å². The molecule has 0 heterocycles. The molecule has 0 spiro atoms. The van der Waals surface area contributed by atoms with E-state index in [0.29, 0.717) is 5.92 Å². The molecule has 3 atom stereocenters. The van der Waals surface area contributed by atoms with Crippen LogP contribution in [0.25, 0.3) is 0 Å². The maximum absolute atomic E-state index is 9.86. The minimum atomic E-state index is -0.0928. The molecule has 0 aromatic carbocycles. The molecule has 0 aliphatic heterocycles. The Kier molecular flexibility index (Phi) is 4.60. The van der Waals surface area contributed by atoms with E-state index in [2.05, 4.69) is 27.7 Å². The Morgan fingerprint density at radius 3 is 2.53 bits per heavy atom. The number of hydrogen-bond acceptors (Lipinski definition) is 2. The van der Waals surface area contributed by atoms with Gasteiger partial charge in [0.05, 0.1) is 11.7 Å². The van der Waals surface area contributed by atoms with Crippen LogP contribution in [0.15, 0.2) is 0 Å². The van der Waals surface area contributed by atoms with E-state index in [1.54, 1.807) is 0 Å². The molecule has 0 bridgehead atoms. The molecule has 3 unspecified atom stereocenters. The first-order valence-electron chi connectivity index (χ1n) is 6.20. The lowest BCUT2D eigenvalue weighted by atomic mass is 9.79. The van der Waals surface area contributed by atoms with Crippen molar-refractivity contribution >= 4 is 0 Å². The molecule has 1 saturated carbocycles. The molecule has 0 amide bonds. The van der Waals surface area contributed by atoms with Crippen LogP contribution in [0.2, 0.25) is 0 Å². The third-order valence-corrected chi connectivity index (χ3v) is 3.23. The third-order valence-electron chi connectivity index (χ3n) is 3.23. The minimum Gasteiger partial charge on any atom is -0.393 e. The van der Waals surface area contributed by atoms with E-state index in [1.165, 1.54) is 6.42 Å². The van der Waals surface area contributed by atoms with Crippen molar-refractivity contribution in [3.63, 3.8) is 0 Å². The minimum absolute atomic E-state index is 0.0504. The molecule has 0 saturated heterocycles. The zero-order chi connectivity index (χ0) is 11.5. The Morgan fingerprint density at radius 1 is 1.27 bits per heavy atom. The fraction of sp³-hybridized carbons (Fsp3) is 1.00. The Morgan fingerprint density at radius 2 is 1.93 bits per heavy atom. The van der Waals surface area contributed by atoms with E-state index in [4.69, 9.17) is 4.74 Å². The van der Waals surface area contributed by atoms with Crippen LogP contribution >= 0.6 is 0 Å². The van der Waals surface area contributed by atoms with Crippen LogP contribution in [0.3, 0.4) is 0 Å². The van der Waals surface area contributed by atoms with Gasteiger partial charge >= 0.3 is 0 Å². The summed E-state index contributed by atoms with van der Waals surface area (Å²) in [6.45, 7) is 9.29. The third kappa shape index (κ3) is 4.98. The van der Waals surface area contributed by atoms with Crippen LogP contribution in [-0.2, 0) is 4.74 Å². The molecule has 1 rings (SSSR count). The predicted octanol–water partition coefficient (Wildman–Crippen LogP) is 2.99. The molecule has 2 heteroatoms. The number of aliphatic hydroxyl groups excluding tert-OH is 1. The molecule has 90 valence electrons. The van der Waals surface area contributed by atoms with Crippen LogP contribution in [0, 0.1) is 11.8 Å². The number of ether oxygens (including phenoxy) is 1. The maximum atomic E-state index is 9.86. The zero-order valence-electron chi connectivity index (χ0n) is 10.6. The second-order valence-corrected chi connectivity index (χ2v) is 6.00. The lowest BCUT2D eigenvalue weighted by Gasteiger charge is -2.32. The largest absolute Gasteiger partial charge is 0.393 e. The van der Waals surface area contributed by atoms with E-state index in [-0.39, 0.29) is 11.7 Å². The van der Waals surface area contributed by atoms with Crippen molar-refractivity contribution in [3.05, 3.63) is 0 Å². The maximum Gasteiger partial charge on any atom is 0.0598 e. The van der Waals surface area contributed by atoms with Crippen molar-refractivity contribution in [1.29, 1.82) is 0 Å². The molecule has 15 heavy (non-hydrogen) atoms. The summed E-state index contributed by atoms with van der Waals surface area (Å²) in [5.41, 5.74) is -0.0504. The highest BCUT2D eigenvalue weighted by molar-refractivity contribution is 4.78. The summed E-state index contributed by atoms with van der Waals surface area (Å²) in [5, 5.41) is 9.86. The van der Waals surface area contributed by atoms with Crippen LogP contribution in [-0.4, -0.2) is 23.4 Å². The van der Waals surface area contributed by atoms with Gasteiger partial charge in [0, 0.05) is 6.61 Å². The highest BCUT2D eigenvalue weighted by Gasteiger charge is 2.27.